The Bertz CT molecular complexity index is 299. The van der Waals surface area contributed by atoms with Crippen LogP contribution in [0.1, 0.15) is 0 Å². The third kappa shape index (κ3) is 1.64. The van der Waals surface area contributed by atoms with Gasteiger partial charge in [0.1, 0.15) is 0 Å². The van der Waals surface area contributed by atoms with E-state index in [4.69, 9.17) is 17.2 Å². The Morgan fingerprint density at radius 1 is 1.46 bits per heavy atom. The predicted octanol–water partition coefficient (Wildman–Crippen LogP) is -2.41. The molecule has 1 aliphatic heterocycles. The second-order valence-corrected chi connectivity index (χ2v) is 2.41. The Kier molecular flexibility index (Phi) is 2.03. The van der Waals surface area contributed by atoms with E-state index >= 15 is 0 Å². The van der Waals surface area contributed by atoms with Crippen LogP contribution in [0.5, 0.6) is 0 Å². The van der Waals surface area contributed by atoms with Crippen molar-refractivity contribution in [3.05, 3.63) is 12.7 Å². The van der Waals surface area contributed by atoms with E-state index in [1.807, 2.05) is 0 Å². The molecule has 70 valence electrons. The molecular formula is C6H10N6O. The number of nitrogens with one attached hydrogen (secondary N) is 1. The summed E-state index contributed by atoms with van der Waals surface area (Å²) in [6.07, 6.45) is 1.01. The lowest BCUT2D eigenvalue weighted by Crippen LogP contribution is -2.55. The standard InChI is InChI=1S/C6H10N6O/c1-2-3(13)6(9)11-4(7)10-5(8)12-6/h2H,1,9H2,(H5,7,8,10,11,12). The van der Waals surface area contributed by atoms with Crippen molar-refractivity contribution >= 4 is 17.7 Å². The maximum absolute atomic E-state index is 11.2. The fourth-order valence-corrected chi connectivity index (χ4v) is 0.840. The van der Waals surface area contributed by atoms with Crippen LogP contribution in [0.2, 0.25) is 0 Å². The third-order valence-corrected chi connectivity index (χ3v) is 1.39. The van der Waals surface area contributed by atoms with Gasteiger partial charge in [0, 0.05) is 0 Å². The van der Waals surface area contributed by atoms with Crippen LogP contribution in [0.25, 0.3) is 0 Å². The summed E-state index contributed by atoms with van der Waals surface area (Å²) >= 11 is 0. The molecule has 0 amide bonds. The molecule has 0 bridgehead atoms. The summed E-state index contributed by atoms with van der Waals surface area (Å²) in [6.45, 7) is 3.26. The number of carbonyl (C=O) groups is 1. The number of guanidine groups is 2. The van der Waals surface area contributed by atoms with Crippen LogP contribution in [0.4, 0.5) is 0 Å². The minimum absolute atomic E-state index is 0.0507. The van der Waals surface area contributed by atoms with Gasteiger partial charge in [-0.3, -0.25) is 15.8 Å². The van der Waals surface area contributed by atoms with E-state index < -0.39 is 11.6 Å². The van der Waals surface area contributed by atoms with Crippen molar-refractivity contribution in [1.82, 2.24) is 5.32 Å². The zero-order valence-electron chi connectivity index (χ0n) is 6.82. The first-order chi connectivity index (χ1) is 5.98. The van der Waals surface area contributed by atoms with Crippen molar-refractivity contribution in [2.75, 3.05) is 0 Å². The normalized spacial score (nSPS) is 19.5. The van der Waals surface area contributed by atoms with Crippen molar-refractivity contribution in [1.29, 1.82) is 0 Å². The van der Waals surface area contributed by atoms with Gasteiger partial charge in [0.2, 0.25) is 5.78 Å². The topological polar surface area (TPSA) is 132 Å². The van der Waals surface area contributed by atoms with Crippen molar-refractivity contribution < 1.29 is 4.79 Å². The summed E-state index contributed by atoms with van der Waals surface area (Å²) in [6, 6.07) is 0. The summed E-state index contributed by atoms with van der Waals surface area (Å²) in [5.74, 6) is -2.43. The monoisotopic (exact) mass is 182 g/mol. The molecular weight excluding hydrogens is 172 g/mol. The van der Waals surface area contributed by atoms with Gasteiger partial charge in [0.25, 0.3) is 5.79 Å². The molecule has 0 unspecified atom stereocenters. The Labute approximate surface area is 74.4 Å². The molecule has 7 nitrogen and oxygen atoms in total. The average Bonchev–Trinajstić information content (AvgIpc) is 2.00. The van der Waals surface area contributed by atoms with Gasteiger partial charge in [-0.1, -0.05) is 6.58 Å². The molecule has 7 N–H and O–H groups in total. The largest absolute Gasteiger partial charge is 0.369 e. The molecule has 7 heteroatoms. The number of hydrogen-bond acceptors (Lipinski definition) is 7. The lowest BCUT2D eigenvalue weighted by Gasteiger charge is -2.22. The highest BCUT2D eigenvalue weighted by Gasteiger charge is 2.34. The second kappa shape index (κ2) is 2.87. The third-order valence-electron chi connectivity index (χ3n) is 1.39. The van der Waals surface area contributed by atoms with Gasteiger partial charge in [-0.15, -0.1) is 0 Å². The summed E-state index contributed by atoms with van der Waals surface area (Å²) in [5.41, 5.74) is 16.1. The molecule has 0 saturated carbocycles. The van der Waals surface area contributed by atoms with Gasteiger partial charge in [-0.2, -0.15) is 9.98 Å². The van der Waals surface area contributed by atoms with Crippen molar-refractivity contribution in [2.24, 2.45) is 27.2 Å². The predicted molar refractivity (Wildman–Crippen MR) is 48.5 cm³/mol. The molecule has 1 aliphatic rings. The van der Waals surface area contributed by atoms with Gasteiger partial charge >= 0.3 is 0 Å². The Morgan fingerprint density at radius 3 is 2.31 bits per heavy atom. The average molecular weight is 182 g/mol. The fraction of sp³-hybridized carbons (Fsp3) is 0.167. The van der Waals surface area contributed by atoms with Crippen LogP contribution in [-0.4, -0.2) is 23.5 Å². The summed E-state index contributed by atoms with van der Waals surface area (Å²) < 4.78 is 0. The number of nitrogens with zero attached hydrogens (tertiary/aromatic N) is 2. The number of hydrogen-bond donors (Lipinski definition) is 4. The van der Waals surface area contributed by atoms with Gasteiger partial charge < -0.3 is 11.5 Å². The molecule has 1 rings (SSSR count). The van der Waals surface area contributed by atoms with E-state index in [1.165, 1.54) is 0 Å². The van der Waals surface area contributed by atoms with E-state index in [9.17, 15) is 4.79 Å². The number of rotatable bonds is 2. The maximum atomic E-state index is 11.2. The molecule has 0 radical (unpaired) electrons. The summed E-state index contributed by atoms with van der Waals surface area (Å²) in [5, 5.41) is 2.40. The summed E-state index contributed by atoms with van der Waals surface area (Å²) in [7, 11) is 0. The van der Waals surface area contributed by atoms with E-state index in [0.717, 1.165) is 6.08 Å². The molecule has 0 saturated heterocycles. The van der Waals surface area contributed by atoms with Crippen molar-refractivity contribution in [3.63, 3.8) is 0 Å². The molecule has 0 aliphatic carbocycles. The highest BCUT2D eigenvalue weighted by atomic mass is 16.1. The lowest BCUT2D eigenvalue weighted by atomic mass is 10.2. The SMILES string of the molecule is C=CC(=O)C1(N)N=C(N)NC(N)=N1. The molecule has 1 heterocycles. The van der Waals surface area contributed by atoms with Crippen LogP contribution < -0.4 is 22.5 Å². The molecule has 0 aromatic carbocycles. The van der Waals surface area contributed by atoms with Crippen LogP contribution in [-0.2, 0) is 4.79 Å². The van der Waals surface area contributed by atoms with Gasteiger partial charge in [0.15, 0.2) is 11.9 Å². The van der Waals surface area contributed by atoms with Crippen molar-refractivity contribution in [3.8, 4) is 0 Å². The lowest BCUT2D eigenvalue weighted by molar-refractivity contribution is -0.119. The van der Waals surface area contributed by atoms with Crippen molar-refractivity contribution in [2.45, 2.75) is 5.79 Å². The van der Waals surface area contributed by atoms with Crippen LogP contribution in [0.3, 0.4) is 0 Å². The molecule has 13 heavy (non-hydrogen) atoms. The Balaban J connectivity index is 3.08. The minimum atomic E-state index is -1.76. The first kappa shape index (κ1) is 9.20. The molecule has 0 aromatic rings. The Morgan fingerprint density at radius 2 is 1.92 bits per heavy atom. The molecule has 0 aromatic heterocycles. The summed E-state index contributed by atoms with van der Waals surface area (Å²) in [4.78, 5) is 18.4. The van der Waals surface area contributed by atoms with E-state index in [1.54, 1.807) is 0 Å². The van der Waals surface area contributed by atoms with Gasteiger partial charge in [-0.05, 0) is 6.08 Å². The van der Waals surface area contributed by atoms with Crippen LogP contribution in [0, 0.1) is 0 Å². The van der Waals surface area contributed by atoms with Crippen LogP contribution >= 0.6 is 0 Å². The highest BCUT2D eigenvalue weighted by molar-refractivity contribution is 6.05. The highest BCUT2D eigenvalue weighted by Crippen LogP contribution is 2.09. The zero-order valence-corrected chi connectivity index (χ0v) is 6.82. The Hall–Kier alpha value is -1.89. The second-order valence-electron chi connectivity index (χ2n) is 2.41. The maximum Gasteiger partial charge on any atom is 0.273 e. The quantitative estimate of drug-likeness (QED) is 0.353. The smallest absolute Gasteiger partial charge is 0.273 e. The number of nitrogens with two attached hydrogens (primary N) is 3. The van der Waals surface area contributed by atoms with Crippen LogP contribution in [0.15, 0.2) is 22.6 Å². The first-order valence-electron chi connectivity index (χ1n) is 3.41. The first-order valence-corrected chi connectivity index (χ1v) is 3.41. The molecule has 0 atom stereocenters. The van der Waals surface area contributed by atoms with E-state index in [0.29, 0.717) is 0 Å². The molecule has 0 fully saturated rings. The van der Waals surface area contributed by atoms with E-state index in [2.05, 4.69) is 21.9 Å². The van der Waals surface area contributed by atoms with E-state index in [-0.39, 0.29) is 11.9 Å². The number of aliphatic imine (C=N–C) groups is 2. The zero-order chi connectivity index (χ0) is 10.1. The fourth-order valence-electron chi connectivity index (χ4n) is 0.840. The van der Waals surface area contributed by atoms with Gasteiger partial charge in [0.05, 0.1) is 0 Å². The van der Waals surface area contributed by atoms with Gasteiger partial charge in [-0.25, -0.2) is 0 Å². The number of carbonyl (C=O) groups excluding carboxylic acids is 1. The molecule has 0 spiro atoms. The number of ketones is 1. The minimum Gasteiger partial charge on any atom is -0.369 e.